The van der Waals surface area contributed by atoms with Crippen LogP contribution in [0.3, 0.4) is 0 Å². The molecule has 0 aromatic heterocycles. The highest BCUT2D eigenvalue weighted by molar-refractivity contribution is 7.97. The van der Waals surface area contributed by atoms with Crippen molar-refractivity contribution in [2.24, 2.45) is 0 Å². The lowest BCUT2D eigenvalue weighted by molar-refractivity contribution is -0.0000127. The molecule has 3 rings (SSSR count). The molecule has 0 aliphatic rings. The Bertz CT molecular complexity index is 1120. The number of hydrogen-bond acceptors (Lipinski definition) is 3. The molecule has 0 amide bonds. The largest absolute Gasteiger partial charge is 1.00 e. The Balaban J connectivity index is 0.00000768. The molecule has 0 heterocycles. The maximum atomic E-state index is 11.5. The van der Waals surface area contributed by atoms with Gasteiger partial charge in [0.25, 0.3) is 0 Å². The summed E-state index contributed by atoms with van der Waals surface area (Å²) in [6, 6.07) is 13.7. The van der Waals surface area contributed by atoms with E-state index in [1.54, 1.807) is 0 Å². The molecule has 262 valence electrons. The van der Waals surface area contributed by atoms with Crippen LogP contribution in [0.15, 0.2) is 51.1 Å². The molecule has 0 radical (unpaired) electrons. The number of aromatic hydroxyl groups is 3. The second-order valence-corrected chi connectivity index (χ2v) is 15.2. The number of aryl methyl sites for hydroxylation is 6. The van der Waals surface area contributed by atoms with Crippen LogP contribution in [-0.4, -0.2) is 15.3 Å². The highest BCUT2D eigenvalue weighted by Gasteiger charge is 2.34. The summed E-state index contributed by atoms with van der Waals surface area (Å²) in [7, 11) is -0.468. The molecule has 0 saturated carbocycles. The number of halogens is 1. The summed E-state index contributed by atoms with van der Waals surface area (Å²) < 4.78 is 0. The van der Waals surface area contributed by atoms with Crippen molar-refractivity contribution in [1.29, 1.82) is 0 Å². The second kappa shape index (κ2) is 21.6. The minimum Gasteiger partial charge on any atom is -1.00 e. The lowest BCUT2D eigenvalue weighted by atomic mass is 10.00. The molecule has 0 fully saturated rings. The van der Waals surface area contributed by atoms with Crippen LogP contribution in [0.2, 0.25) is 0 Å². The Morgan fingerprint density at radius 2 is 0.532 bits per heavy atom. The maximum absolute atomic E-state index is 11.5. The van der Waals surface area contributed by atoms with Gasteiger partial charge < -0.3 is 27.7 Å². The van der Waals surface area contributed by atoms with Crippen LogP contribution in [0.1, 0.15) is 152 Å². The van der Waals surface area contributed by atoms with Crippen molar-refractivity contribution < 1.29 is 27.7 Å². The van der Waals surface area contributed by atoms with Crippen LogP contribution >= 0.6 is 0 Å². The van der Waals surface area contributed by atoms with E-state index < -0.39 is 10.9 Å². The predicted octanol–water partition coefficient (Wildman–Crippen LogP) is 8.96. The van der Waals surface area contributed by atoms with E-state index in [9.17, 15) is 15.3 Å². The average molecular weight is 683 g/mol. The van der Waals surface area contributed by atoms with E-state index >= 15 is 0 Å². The van der Waals surface area contributed by atoms with Gasteiger partial charge in [-0.15, -0.1) is 0 Å². The van der Waals surface area contributed by atoms with Crippen molar-refractivity contribution >= 4 is 10.9 Å². The predicted molar refractivity (Wildman–Crippen MR) is 198 cm³/mol. The van der Waals surface area contributed by atoms with Crippen LogP contribution in [0.25, 0.3) is 0 Å². The van der Waals surface area contributed by atoms with Gasteiger partial charge in [0.2, 0.25) is 0 Å². The molecule has 3 N–H and O–H groups in total. The number of benzene rings is 3. The van der Waals surface area contributed by atoms with Crippen molar-refractivity contribution in [3.05, 3.63) is 69.8 Å². The van der Waals surface area contributed by atoms with Crippen molar-refractivity contribution in [2.45, 2.75) is 172 Å². The Morgan fingerprint density at radius 1 is 0.362 bits per heavy atom. The fourth-order valence-corrected chi connectivity index (χ4v) is 8.67. The average Bonchev–Trinajstić information content (AvgIpc) is 3.06. The summed E-state index contributed by atoms with van der Waals surface area (Å²) >= 11 is 0. The molecule has 0 aliphatic heterocycles. The monoisotopic (exact) mass is 682 g/mol. The van der Waals surface area contributed by atoms with E-state index in [1.165, 1.54) is 14.7 Å². The lowest BCUT2D eigenvalue weighted by Crippen LogP contribution is -3.00. The van der Waals surface area contributed by atoms with Gasteiger partial charge in [0.1, 0.15) is 17.2 Å². The zero-order chi connectivity index (χ0) is 33.5. The van der Waals surface area contributed by atoms with Gasteiger partial charge in [0.05, 0.1) is 10.9 Å². The van der Waals surface area contributed by atoms with Gasteiger partial charge in [0, 0.05) is 36.4 Å². The number of hydrogen-bond donors (Lipinski definition) is 3. The Hall–Kier alpha value is -2.30. The molecule has 3 nitrogen and oxygen atoms in total. The molecule has 47 heavy (non-hydrogen) atoms. The number of phenolic OH excluding ortho intramolecular Hbond substituents is 3. The highest BCUT2D eigenvalue weighted by Crippen LogP contribution is 2.42. The standard InChI is InChI=1S/C42H62O3S.ClH/c1-7-13-19-31-25-37(26-32(40(31)43)20-14-8-2)46(38-27-33(21-15-9-3)41(44)34(28-38)22-16-10-4)39-29-35(23-17-11-5)42(45)36(30-39)24-18-12-6;/h25-30H,7-24H2,1-6H3,(H2-,43,44,45);1H. The topological polar surface area (TPSA) is 60.7 Å². The van der Waals surface area contributed by atoms with Gasteiger partial charge >= 0.3 is 0 Å². The van der Waals surface area contributed by atoms with Crippen LogP contribution in [0, 0.1) is 0 Å². The molecule has 0 bridgehead atoms. The molecular formula is C42H63ClO3S. The molecule has 0 aliphatic carbocycles. The quantitative estimate of drug-likeness (QED) is 0.0984. The van der Waals surface area contributed by atoms with E-state index in [0.29, 0.717) is 17.2 Å². The Morgan fingerprint density at radius 3 is 0.681 bits per heavy atom. The lowest BCUT2D eigenvalue weighted by Gasteiger charge is -2.18. The third-order valence-corrected chi connectivity index (χ3v) is 11.4. The smallest absolute Gasteiger partial charge is 0.167 e. The first kappa shape index (κ1) is 40.9. The molecule has 0 atom stereocenters. The second-order valence-electron chi connectivity index (χ2n) is 13.2. The van der Waals surface area contributed by atoms with E-state index in [2.05, 4.69) is 77.9 Å². The van der Waals surface area contributed by atoms with Gasteiger partial charge in [0.15, 0.2) is 14.7 Å². The Labute approximate surface area is 296 Å². The summed E-state index contributed by atoms with van der Waals surface area (Å²) in [6.45, 7) is 13.3. The van der Waals surface area contributed by atoms with Crippen LogP contribution in [0.4, 0.5) is 0 Å². The highest BCUT2D eigenvalue weighted by atomic mass is 35.5. The van der Waals surface area contributed by atoms with Gasteiger partial charge in [-0.05, 0) is 110 Å². The van der Waals surface area contributed by atoms with Crippen molar-refractivity contribution in [2.75, 3.05) is 0 Å². The van der Waals surface area contributed by atoms with E-state index in [1.807, 2.05) is 0 Å². The third kappa shape index (κ3) is 11.4. The molecule has 3 aromatic carbocycles. The molecule has 3 aromatic rings. The fraction of sp³-hybridized carbons (Fsp3) is 0.571. The van der Waals surface area contributed by atoms with Gasteiger partial charge in [-0.2, -0.15) is 0 Å². The van der Waals surface area contributed by atoms with Gasteiger partial charge in [-0.3, -0.25) is 0 Å². The summed E-state index contributed by atoms with van der Waals surface area (Å²) in [5, 5.41) is 34.4. The van der Waals surface area contributed by atoms with Crippen molar-refractivity contribution in [3.63, 3.8) is 0 Å². The van der Waals surface area contributed by atoms with E-state index in [0.717, 1.165) is 149 Å². The molecule has 0 unspecified atom stereocenters. The minimum atomic E-state index is -0.468. The van der Waals surface area contributed by atoms with Crippen LogP contribution in [-0.2, 0) is 49.4 Å². The minimum absolute atomic E-state index is 0. The summed E-state index contributed by atoms with van der Waals surface area (Å²) in [5.74, 6) is 1.43. The van der Waals surface area contributed by atoms with Crippen molar-refractivity contribution in [3.8, 4) is 17.2 Å². The van der Waals surface area contributed by atoms with Gasteiger partial charge in [-0.1, -0.05) is 80.1 Å². The zero-order valence-corrected chi connectivity index (χ0v) is 31.9. The first-order chi connectivity index (χ1) is 22.3. The third-order valence-electron chi connectivity index (χ3n) is 9.23. The van der Waals surface area contributed by atoms with Crippen LogP contribution < -0.4 is 12.4 Å². The van der Waals surface area contributed by atoms with Crippen LogP contribution in [0.5, 0.6) is 17.2 Å². The Kier molecular flexibility index (Phi) is 18.8. The summed E-state index contributed by atoms with van der Waals surface area (Å²) in [4.78, 5) is 3.70. The molecule has 0 saturated heterocycles. The first-order valence-corrected chi connectivity index (χ1v) is 19.8. The SMILES string of the molecule is CCCCc1cc([S+](c2cc(CCCC)c(O)c(CCCC)c2)c2cc(CCCC)c(O)c(CCCC)c2)cc(CCCC)c1O.[Cl-]. The normalized spacial score (nSPS) is 11.3. The number of phenols is 3. The number of unbranched alkanes of at least 4 members (excludes halogenated alkanes) is 6. The fourth-order valence-electron chi connectivity index (χ4n) is 6.29. The maximum Gasteiger partial charge on any atom is 0.167 e. The first-order valence-electron chi connectivity index (χ1n) is 18.6. The number of rotatable bonds is 21. The van der Waals surface area contributed by atoms with Crippen molar-refractivity contribution in [1.82, 2.24) is 0 Å². The zero-order valence-electron chi connectivity index (χ0n) is 30.3. The van der Waals surface area contributed by atoms with E-state index in [-0.39, 0.29) is 12.4 Å². The van der Waals surface area contributed by atoms with Gasteiger partial charge in [-0.25, -0.2) is 0 Å². The summed E-state index contributed by atoms with van der Waals surface area (Å²) in [5.41, 5.74) is 6.31. The molecule has 5 heteroatoms. The summed E-state index contributed by atoms with van der Waals surface area (Å²) in [6.07, 6.45) is 17.9. The molecule has 0 spiro atoms. The molecular weight excluding hydrogens is 620 g/mol. The van der Waals surface area contributed by atoms with E-state index in [4.69, 9.17) is 0 Å².